The molecule has 0 aliphatic carbocycles. The third-order valence-corrected chi connectivity index (χ3v) is 3.94. The molecule has 0 fully saturated rings. The van der Waals surface area contributed by atoms with E-state index in [1.165, 1.54) is 17.4 Å². The summed E-state index contributed by atoms with van der Waals surface area (Å²) >= 11 is 0. The number of carbonyl (C=O) groups excluding carboxylic acids is 2. The summed E-state index contributed by atoms with van der Waals surface area (Å²) in [6.07, 6.45) is 1.76. The Balaban J connectivity index is 1.89. The number of carbonyl (C=O) groups is 2. The van der Waals surface area contributed by atoms with Gasteiger partial charge in [0.15, 0.2) is 0 Å². The number of benzene rings is 2. The number of anilines is 1. The first-order valence-corrected chi connectivity index (χ1v) is 8.92. The van der Waals surface area contributed by atoms with Gasteiger partial charge in [0.1, 0.15) is 12.3 Å². The van der Waals surface area contributed by atoms with Crippen molar-refractivity contribution in [2.24, 2.45) is 0 Å². The van der Waals surface area contributed by atoms with Crippen LogP contribution in [0.25, 0.3) is 0 Å². The van der Waals surface area contributed by atoms with Crippen molar-refractivity contribution in [3.05, 3.63) is 60.2 Å². The van der Waals surface area contributed by atoms with Gasteiger partial charge in [0.05, 0.1) is 12.3 Å². The summed E-state index contributed by atoms with van der Waals surface area (Å²) in [5, 5.41) is 2.89. The fourth-order valence-electron chi connectivity index (χ4n) is 2.69. The van der Waals surface area contributed by atoms with Crippen LogP contribution in [-0.2, 0) is 16.0 Å². The largest absolute Gasteiger partial charge is 0.492 e. The van der Waals surface area contributed by atoms with E-state index in [0.29, 0.717) is 24.6 Å². The van der Waals surface area contributed by atoms with Gasteiger partial charge >= 0.3 is 0 Å². The van der Waals surface area contributed by atoms with E-state index >= 15 is 0 Å². The molecule has 2 rings (SSSR count). The average Bonchev–Trinajstić information content (AvgIpc) is 2.65. The lowest BCUT2D eigenvalue weighted by Gasteiger charge is -2.23. The van der Waals surface area contributed by atoms with Gasteiger partial charge in [-0.2, -0.15) is 0 Å². The minimum Gasteiger partial charge on any atom is -0.492 e. The summed E-state index contributed by atoms with van der Waals surface area (Å²) in [4.78, 5) is 25.7. The van der Waals surface area contributed by atoms with Crippen molar-refractivity contribution < 1.29 is 14.3 Å². The molecular weight excluding hydrogens is 328 g/mol. The molecule has 0 heterocycles. The van der Waals surface area contributed by atoms with E-state index in [0.717, 1.165) is 12.8 Å². The zero-order chi connectivity index (χ0) is 18.8. The van der Waals surface area contributed by atoms with E-state index in [4.69, 9.17) is 4.74 Å². The zero-order valence-electron chi connectivity index (χ0n) is 15.4. The zero-order valence-corrected chi connectivity index (χ0v) is 15.4. The lowest BCUT2D eigenvalue weighted by Crippen LogP contribution is -2.40. The molecule has 0 aliphatic rings. The second kappa shape index (κ2) is 10.2. The highest BCUT2D eigenvalue weighted by Gasteiger charge is 2.19. The number of hydrogen-bond donors (Lipinski definition) is 1. The molecule has 26 heavy (non-hydrogen) atoms. The van der Waals surface area contributed by atoms with E-state index in [1.807, 2.05) is 37.3 Å². The summed E-state index contributed by atoms with van der Waals surface area (Å²) in [6.45, 7) is 4.38. The van der Waals surface area contributed by atoms with Crippen LogP contribution in [0.5, 0.6) is 5.75 Å². The van der Waals surface area contributed by atoms with Crippen LogP contribution >= 0.6 is 0 Å². The molecule has 5 heteroatoms. The van der Waals surface area contributed by atoms with E-state index in [1.54, 1.807) is 12.1 Å². The summed E-state index contributed by atoms with van der Waals surface area (Å²) in [5.41, 5.74) is 1.86. The molecule has 1 N–H and O–H groups in total. The second-order valence-electron chi connectivity index (χ2n) is 5.95. The van der Waals surface area contributed by atoms with Crippen molar-refractivity contribution in [2.75, 3.05) is 24.6 Å². The van der Waals surface area contributed by atoms with Gasteiger partial charge < -0.3 is 10.1 Å². The van der Waals surface area contributed by atoms with Gasteiger partial charge in [0, 0.05) is 13.5 Å². The highest BCUT2D eigenvalue weighted by atomic mass is 16.5. The van der Waals surface area contributed by atoms with Crippen LogP contribution in [0.3, 0.4) is 0 Å². The number of nitrogens with zero attached hydrogens (tertiary/aromatic N) is 1. The Hall–Kier alpha value is -2.82. The Morgan fingerprint density at radius 2 is 1.73 bits per heavy atom. The first kappa shape index (κ1) is 19.5. The minimum absolute atomic E-state index is 0.0231. The maximum absolute atomic E-state index is 12.3. The molecule has 2 aromatic rings. The molecule has 0 spiro atoms. The normalized spacial score (nSPS) is 10.2. The molecule has 138 valence electrons. The second-order valence-corrected chi connectivity index (χ2v) is 5.95. The number of para-hydroxylation sites is 2. The topological polar surface area (TPSA) is 58.6 Å². The Kier molecular flexibility index (Phi) is 7.68. The van der Waals surface area contributed by atoms with Crippen molar-refractivity contribution in [1.82, 2.24) is 5.32 Å². The van der Waals surface area contributed by atoms with Gasteiger partial charge in [-0.3, -0.25) is 14.5 Å². The highest BCUT2D eigenvalue weighted by molar-refractivity contribution is 5.98. The van der Waals surface area contributed by atoms with Crippen molar-refractivity contribution >= 4 is 17.5 Å². The van der Waals surface area contributed by atoms with Crippen molar-refractivity contribution in [1.29, 1.82) is 0 Å². The first-order valence-electron chi connectivity index (χ1n) is 8.92. The number of nitrogens with one attached hydrogen (secondary N) is 1. The highest BCUT2D eigenvalue weighted by Crippen LogP contribution is 2.28. The number of aryl methyl sites for hydroxylation is 1. The molecule has 2 amide bonds. The number of hydrogen-bond acceptors (Lipinski definition) is 3. The molecule has 0 atom stereocenters. The van der Waals surface area contributed by atoms with E-state index in [-0.39, 0.29) is 18.4 Å². The lowest BCUT2D eigenvalue weighted by molar-refractivity contribution is -0.123. The van der Waals surface area contributed by atoms with Crippen LogP contribution in [0.15, 0.2) is 54.6 Å². The summed E-state index contributed by atoms with van der Waals surface area (Å²) in [5.74, 6) is 0.221. The van der Waals surface area contributed by atoms with Crippen molar-refractivity contribution in [3.8, 4) is 5.75 Å². The molecule has 0 radical (unpaired) electrons. The molecule has 0 aliphatic heterocycles. The van der Waals surface area contributed by atoms with Crippen molar-refractivity contribution in [3.63, 3.8) is 0 Å². The van der Waals surface area contributed by atoms with Gasteiger partial charge in [0.25, 0.3) is 0 Å². The molecule has 0 saturated heterocycles. The standard InChI is InChI=1S/C21H26N2O3/c1-3-26-20-14-8-7-13-19(20)23(17(2)24)16-21(25)22-15-9-12-18-10-5-4-6-11-18/h4-8,10-11,13-14H,3,9,12,15-16H2,1-2H3,(H,22,25). The Morgan fingerprint density at radius 3 is 2.42 bits per heavy atom. The maximum atomic E-state index is 12.3. The summed E-state index contributed by atoms with van der Waals surface area (Å²) in [6, 6.07) is 17.4. The van der Waals surface area contributed by atoms with E-state index < -0.39 is 0 Å². The fraction of sp³-hybridized carbons (Fsp3) is 0.333. The number of amides is 2. The molecular formula is C21H26N2O3. The Bertz CT molecular complexity index is 716. The third kappa shape index (κ3) is 5.92. The van der Waals surface area contributed by atoms with Crippen LogP contribution < -0.4 is 15.0 Å². The van der Waals surface area contributed by atoms with Gasteiger partial charge in [-0.25, -0.2) is 0 Å². The first-order chi connectivity index (χ1) is 12.6. The van der Waals surface area contributed by atoms with Crippen LogP contribution in [0, 0.1) is 0 Å². The lowest BCUT2D eigenvalue weighted by atomic mass is 10.1. The SMILES string of the molecule is CCOc1ccccc1N(CC(=O)NCCCc1ccccc1)C(C)=O. The van der Waals surface area contributed by atoms with Gasteiger partial charge in [-0.1, -0.05) is 42.5 Å². The van der Waals surface area contributed by atoms with Gasteiger partial charge in [0.2, 0.25) is 11.8 Å². The minimum atomic E-state index is -0.198. The maximum Gasteiger partial charge on any atom is 0.240 e. The van der Waals surface area contributed by atoms with Crippen LogP contribution in [0.2, 0.25) is 0 Å². The molecule has 0 saturated carbocycles. The smallest absolute Gasteiger partial charge is 0.240 e. The molecule has 5 nitrogen and oxygen atoms in total. The van der Waals surface area contributed by atoms with E-state index in [2.05, 4.69) is 17.4 Å². The number of ether oxygens (including phenoxy) is 1. The third-order valence-electron chi connectivity index (χ3n) is 3.94. The van der Waals surface area contributed by atoms with Crippen LogP contribution in [0.1, 0.15) is 25.8 Å². The predicted octanol–water partition coefficient (Wildman–Crippen LogP) is 3.19. The number of rotatable bonds is 9. The molecule has 0 bridgehead atoms. The predicted molar refractivity (Wildman–Crippen MR) is 103 cm³/mol. The van der Waals surface area contributed by atoms with Gasteiger partial charge in [-0.15, -0.1) is 0 Å². The average molecular weight is 354 g/mol. The molecule has 2 aromatic carbocycles. The molecule has 0 unspecified atom stereocenters. The van der Waals surface area contributed by atoms with Gasteiger partial charge in [-0.05, 0) is 37.5 Å². The quantitative estimate of drug-likeness (QED) is 0.704. The summed E-state index contributed by atoms with van der Waals surface area (Å²) < 4.78 is 5.57. The van der Waals surface area contributed by atoms with Crippen molar-refractivity contribution in [2.45, 2.75) is 26.7 Å². The Morgan fingerprint density at radius 1 is 1.04 bits per heavy atom. The van der Waals surface area contributed by atoms with Crippen LogP contribution in [0.4, 0.5) is 5.69 Å². The Labute approximate surface area is 155 Å². The monoisotopic (exact) mass is 354 g/mol. The van der Waals surface area contributed by atoms with Crippen LogP contribution in [-0.4, -0.2) is 31.5 Å². The van der Waals surface area contributed by atoms with E-state index in [9.17, 15) is 9.59 Å². The fourth-order valence-corrected chi connectivity index (χ4v) is 2.69. The summed E-state index contributed by atoms with van der Waals surface area (Å²) in [7, 11) is 0. The molecule has 0 aromatic heterocycles.